The Morgan fingerprint density at radius 2 is 2.08 bits per heavy atom. The van der Waals surface area contributed by atoms with E-state index in [-0.39, 0.29) is 0 Å². The van der Waals surface area contributed by atoms with Crippen molar-refractivity contribution >= 4 is 0 Å². The summed E-state index contributed by atoms with van der Waals surface area (Å²) in [5.41, 5.74) is 6.02. The molecule has 0 aliphatic rings. The van der Waals surface area contributed by atoms with Crippen molar-refractivity contribution in [3.8, 4) is 5.75 Å². The largest absolute Gasteiger partial charge is 0.505 e. The number of aliphatic hydroxyl groups is 1. The molecule has 1 unspecified atom stereocenters. The van der Waals surface area contributed by atoms with Gasteiger partial charge in [-0.3, -0.25) is 0 Å². The predicted molar refractivity (Wildman–Crippen MR) is 46.7 cm³/mol. The molecule has 13 heavy (non-hydrogen) atoms. The van der Waals surface area contributed by atoms with Gasteiger partial charge >= 0.3 is 0 Å². The molecule has 1 rings (SSSR count). The van der Waals surface area contributed by atoms with Crippen LogP contribution in [0.25, 0.3) is 0 Å². The van der Waals surface area contributed by atoms with Crippen LogP contribution in [0.5, 0.6) is 5.75 Å². The zero-order valence-corrected chi connectivity index (χ0v) is 7.24. The first-order valence-electron chi connectivity index (χ1n) is 3.94. The van der Waals surface area contributed by atoms with Crippen molar-refractivity contribution in [3.05, 3.63) is 29.6 Å². The molecule has 72 valence electrons. The topological polar surface area (TPSA) is 66.5 Å². The highest BCUT2D eigenvalue weighted by Gasteiger charge is 2.13. The summed E-state index contributed by atoms with van der Waals surface area (Å²) in [5.74, 6) is -1.14. The second-order valence-electron chi connectivity index (χ2n) is 2.98. The van der Waals surface area contributed by atoms with Crippen LogP contribution in [-0.2, 0) is 0 Å². The summed E-state index contributed by atoms with van der Waals surface area (Å²) in [7, 11) is 0. The fourth-order valence-corrected chi connectivity index (χ4v) is 1.01. The Labute approximate surface area is 75.6 Å². The van der Waals surface area contributed by atoms with E-state index in [0.717, 1.165) is 6.07 Å². The normalized spacial score (nSPS) is 15.4. The number of benzene rings is 1. The van der Waals surface area contributed by atoms with Crippen LogP contribution in [0, 0.1) is 5.82 Å². The van der Waals surface area contributed by atoms with Crippen LogP contribution in [-0.4, -0.2) is 16.3 Å². The minimum Gasteiger partial charge on any atom is -0.505 e. The Morgan fingerprint density at radius 1 is 1.46 bits per heavy atom. The number of phenolic OH excluding ortho intramolecular Hbond substituents is 1. The lowest BCUT2D eigenvalue weighted by Crippen LogP contribution is -2.23. The summed E-state index contributed by atoms with van der Waals surface area (Å²) in [5, 5.41) is 18.0. The average Bonchev–Trinajstić information content (AvgIpc) is 2.08. The summed E-state index contributed by atoms with van der Waals surface area (Å²) >= 11 is 0. The number of phenols is 1. The van der Waals surface area contributed by atoms with Gasteiger partial charge in [0.15, 0.2) is 11.6 Å². The Bertz CT molecular complexity index is 302. The Kier molecular flexibility index (Phi) is 2.85. The molecule has 0 saturated carbocycles. The molecule has 3 nitrogen and oxygen atoms in total. The fourth-order valence-electron chi connectivity index (χ4n) is 1.01. The third kappa shape index (κ3) is 2.17. The SMILES string of the molecule is CC(O)[C@@H](N)c1ccc(O)c(F)c1. The molecule has 2 atom stereocenters. The Hall–Kier alpha value is -1.13. The van der Waals surface area contributed by atoms with Crippen molar-refractivity contribution in [3.63, 3.8) is 0 Å². The summed E-state index contributed by atoms with van der Waals surface area (Å²) < 4.78 is 12.8. The van der Waals surface area contributed by atoms with Gasteiger partial charge in [0.2, 0.25) is 0 Å². The molecular weight excluding hydrogens is 173 g/mol. The lowest BCUT2D eigenvalue weighted by atomic mass is 10.0. The molecule has 0 aromatic heterocycles. The second kappa shape index (κ2) is 3.72. The first-order chi connectivity index (χ1) is 6.02. The van der Waals surface area contributed by atoms with Crippen molar-refractivity contribution in [1.29, 1.82) is 0 Å². The zero-order valence-electron chi connectivity index (χ0n) is 7.24. The average molecular weight is 185 g/mol. The van der Waals surface area contributed by atoms with E-state index < -0.39 is 23.7 Å². The third-order valence-electron chi connectivity index (χ3n) is 1.88. The van der Waals surface area contributed by atoms with Crippen LogP contribution in [0.15, 0.2) is 18.2 Å². The van der Waals surface area contributed by atoms with E-state index in [9.17, 15) is 4.39 Å². The van der Waals surface area contributed by atoms with E-state index in [1.54, 1.807) is 0 Å². The number of hydrogen-bond donors (Lipinski definition) is 3. The summed E-state index contributed by atoms with van der Waals surface area (Å²) in [6.07, 6.45) is -0.746. The highest BCUT2D eigenvalue weighted by molar-refractivity contribution is 5.30. The monoisotopic (exact) mass is 185 g/mol. The molecule has 1 aromatic rings. The third-order valence-corrected chi connectivity index (χ3v) is 1.88. The van der Waals surface area contributed by atoms with Gasteiger partial charge in [0, 0.05) is 0 Å². The standard InChI is InChI=1S/C9H12FNO2/c1-5(12)9(11)6-2-3-8(13)7(10)4-6/h2-5,9,12-13H,11H2,1H3/t5?,9-/m1/s1. The van der Waals surface area contributed by atoms with E-state index >= 15 is 0 Å². The maximum absolute atomic E-state index is 12.8. The molecule has 4 heteroatoms. The van der Waals surface area contributed by atoms with Gasteiger partial charge < -0.3 is 15.9 Å². The number of nitrogens with two attached hydrogens (primary N) is 1. The minimum atomic E-state index is -0.746. The lowest BCUT2D eigenvalue weighted by molar-refractivity contribution is 0.164. The summed E-state index contributed by atoms with van der Waals surface area (Å²) in [4.78, 5) is 0. The molecule has 0 amide bonds. The molecule has 1 aromatic carbocycles. The van der Waals surface area contributed by atoms with E-state index in [1.165, 1.54) is 19.1 Å². The molecule has 0 fully saturated rings. The van der Waals surface area contributed by atoms with Gasteiger partial charge in [0.05, 0.1) is 12.1 Å². The van der Waals surface area contributed by atoms with Crippen molar-refractivity contribution in [2.24, 2.45) is 5.73 Å². The molecular formula is C9H12FNO2. The fraction of sp³-hybridized carbons (Fsp3) is 0.333. The smallest absolute Gasteiger partial charge is 0.165 e. The maximum atomic E-state index is 12.8. The molecule has 0 radical (unpaired) electrons. The maximum Gasteiger partial charge on any atom is 0.165 e. The highest BCUT2D eigenvalue weighted by Crippen LogP contribution is 2.21. The van der Waals surface area contributed by atoms with Crippen LogP contribution >= 0.6 is 0 Å². The molecule has 0 spiro atoms. The van der Waals surface area contributed by atoms with Gasteiger partial charge in [-0.15, -0.1) is 0 Å². The van der Waals surface area contributed by atoms with Crippen LogP contribution in [0.4, 0.5) is 4.39 Å². The van der Waals surface area contributed by atoms with Gasteiger partial charge in [-0.05, 0) is 24.6 Å². The zero-order chi connectivity index (χ0) is 10.0. The van der Waals surface area contributed by atoms with Crippen molar-refractivity contribution in [1.82, 2.24) is 0 Å². The first-order valence-corrected chi connectivity index (χ1v) is 3.94. The molecule has 0 saturated heterocycles. The summed E-state index contributed by atoms with van der Waals surface area (Å²) in [6, 6.07) is 3.19. The van der Waals surface area contributed by atoms with Crippen molar-refractivity contribution in [2.75, 3.05) is 0 Å². The van der Waals surface area contributed by atoms with Crippen molar-refractivity contribution in [2.45, 2.75) is 19.1 Å². The number of aliphatic hydroxyl groups excluding tert-OH is 1. The molecule has 4 N–H and O–H groups in total. The predicted octanol–water partition coefficient (Wildman–Crippen LogP) is 0.912. The molecule has 0 aliphatic heterocycles. The second-order valence-corrected chi connectivity index (χ2v) is 2.98. The van der Waals surface area contributed by atoms with Gasteiger partial charge in [0.25, 0.3) is 0 Å². The van der Waals surface area contributed by atoms with Crippen molar-refractivity contribution < 1.29 is 14.6 Å². The highest BCUT2D eigenvalue weighted by atomic mass is 19.1. The van der Waals surface area contributed by atoms with E-state index in [1.807, 2.05) is 0 Å². The van der Waals surface area contributed by atoms with E-state index in [2.05, 4.69) is 0 Å². The molecule has 0 bridgehead atoms. The van der Waals surface area contributed by atoms with E-state index in [0.29, 0.717) is 5.56 Å². The van der Waals surface area contributed by atoms with Crippen LogP contribution < -0.4 is 5.73 Å². The van der Waals surface area contributed by atoms with Gasteiger partial charge in [-0.1, -0.05) is 6.07 Å². The minimum absolute atomic E-state index is 0.415. The number of hydrogen-bond acceptors (Lipinski definition) is 3. The van der Waals surface area contributed by atoms with Crippen LogP contribution in [0.2, 0.25) is 0 Å². The Balaban J connectivity index is 2.97. The van der Waals surface area contributed by atoms with Gasteiger partial charge in [-0.2, -0.15) is 0 Å². The number of halogens is 1. The van der Waals surface area contributed by atoms with Crippen LogP contribution in [0.3, 0.4) is 0 Å². The quantitative estimate of drug-likeness (QED) is 0.641. The van der Waals surface area contributed by atoms with Gasteiger partial charge in [-0.25, -0.2) is 4.39 Å². The van der Waals surface area contributed by atoms with Gasteiger partial charge in [0.1, 0.15) is 0 Å². The number of aromatic hydroxyl groups is 1. The first kappa shape index (κ1) is 9.95. The lowest BCUT2D eigenvalue weighted by Gasteiger charge is -2.14. The van der Waals surface area contributed by atoms with E-state index in [4.69, 9.17) is 15.9 Å². The molecule has 0 aliphatic carbocycles. The number of rotatable bonds is 2. The van der Waals surface area contributed by atoms with Crippen LogP contribution in [0.1, 0.15) is 18.5 Å². The Morgan fingerprint density at radius 3 is 2.54 bits per heavy atom. The molecule has 0 heterocycles. The summed E-state index contributed by atoms with van der Waals surface area (Å²) in [6.45, 7) is 1.52.